The number of fused-ring (bicyclic) bond motifs is 1. The van der Waals surface area contributed by atoms with Crippen molar-refractivity contribution < 1.29 is 23.1 Å². The quantitative estimate of drug-likeness (QED) is 0.678. The van der Waals surface area contributed by atoms with Crippen molar-refractivity contribution in [2.75, 3.05) is 0 Å². The van der Waals surface area contributed by atoms with E-state index in [4.69, 9.17) is 20.1 Å². The first-order chi connectivity index (χ1) is 15.2. The number of aryl methyl sites for hydroxylation is 1. The summed E-state index contributed by atoms with van der Waals surface area (Å²) >= 11 is 0. The average molecular weight is 448 g/mol. The van der Waals surface area contributed by atoms with Crippen LogP contribution in [0.4, 0.5) is 13.2 Å². The second kappa shape index (κ2) is 7.89. The molecule has 1 N–H and O–H groups in total. The molecule has 2 aromatic rings. The second-order valence-electron chi connectivity index (χ2n) is 10.1. The number of halogens is 3. The van der Waals surface area contributed by atoms with Gasteiger partial charge in [-0.3, -0.25) is 0 Å². The highest BCUT2D eigenvalue weighted by atomic mass is 19.4. The lowest BCUT2D eigenvalue weighted by Crippen LogP contribution is -2.50. The molecule has 32 heavy (non-hydrogen) atoms. The number of hydrogen-bond acceptors (Lipinski definition) is 3. The Morgan fingerprint density at radius 2 is 1.56 bits per heavy atom. The molecule has 172 valence electrons. The third-order valence-corrected chi connectivity index (χ3v) is 7.90. The van der Waals surface area contributed by atoms with Gasteiger partial charge in [-0.1, -0.05) is 30.3 Å². The molecule has 5 aliphatic rings. The minimum atomic E-state index is -5.08. The molecule has 0 spiro atoms. The van der Waals surface area contributed by atoms with Crippen LogP contribution in [0.3, 0.4) is 0 Å². The maximum atomic E-state index is 10.6. The SMILES string of the molecule is O=C(O)C(F)(F)F.c1ccc(C2CCCc3nnc(C45CC6CC(CC(C6)C4)C5)n32)cc1. The first-order valence-electron chi connectivity index (χ1n) is 11.5. The zero-order chi connectivity index (χ0) is 22.5. The van der Waals surface area contributed by atoms with Crippen molar-refractivity contribution in [3.8, 4) is 0 Å². The van der Waals surface area contributed by atoms with E-state index in [1.165, 1.54) is 68.6 Å². The molecule has 1 aliphatic heterocycles. The first kappa shape index (κ1) is 21.5. The highest BCUT2D eigenvalue weighted by molar-refractivity contribution is 5.73. The molecule has 4 saturated carbocycles. The number of carboxylic acids is 1. The number of hydrogen-bond donors (Lipinski definition) is 1. The molecular weight excluding hydrogens is 419 g/mol. The molecule has 1 unspecified atom stereocenters. The van der Waals surface area contributed by atoms with Gasteiger partial charge in [-0.05, 0) is 74.7 Å². The fourth-order valence-corrected chi connectivity index (χ4v) is 7.14. The first-order valence-corrected chi connectivity index (χ1v) is 11.5. The monoisotopic (exact) mass is 447 g/mol. The Balaban J connectivity index is 0.000000272. The van der Waals surface area contributed by atoms with E-state index in [2.05, 4.69) is 34.9 Å². The lowest BCUT2D eigenvalue weighted by molar-refractivity contribution is -0.192. The van der Waals surface area contributed by atoms with Gasteiger partial charge in [0.15, 0.2) is 0 Å². The van der Waals surface area contributed by atoms with E-state index in [-0.39, 0.29) is 0 Å². The van der Waals surface area contributed by atoms with E-state index in [9.17, 15) is 13.2 Å². The molecule has 1 aromatic carbocycles. The number of carbonyl (C=O) groups is 1. The predicted octanol–water partition coefficient (Wildman–Crippen LogP) is 5.30. The molecule has 5 nitrogen and oxygen atoms in total. The molecule has 4 aliphatic carbocycles. The van der Waals surface area contributed by atoms with Crippen molar-refractivity contribution in [2.24, 2.45) is 17.8 Å². The molecule has 0 radical (unpaired) electrons. The smallest absolute Gasteiger partial charge is 0.475 e. The van der Waals surface area contributed by atoms with Crippen LogP contribution >= 0.6 is 0 Å². The highest BCUT2D eigenvalue weighted by Gasteiger charge is 2.54. The molecule has 1 aromatic heterocycles. The molecule has 0 saturated heterocycles. The minimum Gasteiger partial charge on any atom is -0.475 e. The summed E-state index contributed by atoms with van der Waals surface area (Å²) in [5.41, 5.74) is 1.78. The van der Waals surface area contributed by atoms with Crippen LogP contribution in [0.5, 0.6) is 0 Å². The van der Waals surface area contributed by atoms with Crippen LogP contribution in [0.25, 0.3) is 0 Å². The van der Waals surface area contributed by atoms with Gasteiger partial charge < -0.3 is 9.67 Å². The molecule has 4 fully saturated rings. The number of nitrogens with zero attached hydrogens (tertiary/aromatic N) is 3. The summed E-state index contributed by atoms with van der Waals surface area (Å²) in [7, 11) is 0. The summed E-state index contributed by atoms with van der Waals surface area (Å²) in [4.78, 5) is 8.90. The maximum absolute atomic E-state index is 10.6. The number of benzene rings is 1. The fraction of sp³-hybridized carbons (Fsp3) is 0.625. The van der Waals surface area contributed by atoms with Gasteiger partial charge in [0.05, 0.1) is 6.04 Å². The van der Waals surface area contributed by atoms with Crippen molar-refractivity contribution >= 4 is 5.97 Å². The third-order valence-electron chi connectivity index (χ3n) is 7.90. The van der Waals surface area contributed by atoms with Crippen LogP contribution in [0.1, 0.15) is 74.6 Å². The zero-order valence-corrected chi connectivity index (χ0v) is 17.9. The average Bonchev–Trinajstić information content (AvgIpc) is 3.18. The number of aromatic nitrogens is 3. The Kier molecular flexibility index (Phi) is 5.29. The van der Waals surface area contributed by atoms with Crippen LogP contribution in [0, 0.1) is 17.8 Å². The van der Waals surface area contributed by atoms with Crippen LogP contribution in [-0.4, -0.2) is 32.0 Å². The van der Waals surface area contributed by atoms with E-state index in [0.717, 1.165) is 24.2 Å². The number of alkyl halides is 3. The zero-order valence-electron chi connectivity index (χ0n) is 17.9. The topological polar surface area (TPSA) is 68.0 Å². The number of carboxylic acid groups (broad SMARTS) is 1. The van der Waals surface area contributed by atoms with Gasteiger partial charge in [0.25, 0.3) is 0 Å². The molecule has 2 heterocycles. The summed E-state index contributed by atoms with van der Waals surface area (Å²) in [5, 5.41) is 16.7. The van der Waals surface area contributed by atoms with Gasteiger partial charge in [-0.15, -0.1) is 10.2 Å². The largest absolute Gasteiger partial charge is 0.490 e. The molecule has 7 rings (SSSR count). The third kappa shape index (κ3) is 3.82. The number of aliphatic carboxylic acids is 1. The van der Waals surface area contributed by atoms with E-state index in [0.29, 0.717) is 11.5 Å². The van der Waals surface area contributed by atoms with Crippen molar-refractivity contribution in [1.82, 2.24) is 14.8 Å². The number of rotatable bonds is 2. The predicted molar refractivity (Wildman–Crippen MR) is 111 cm³/mol. The summed E-state index contributed by atoms with van der Waals surface area (Å²) < 4.78 is 34.3. The van der Waals surface area contributed by atoms with E-state index in [1.807, 2.05) is 0 Å². The van der Waals surface area contributed by atoms with Gasteiger partial charge in [0.2, 0.25) is 0 Å². The van der Waals surface area contributed by atoms with Gasteiger partial charge >= 0.3 is 12.1 Å². The highest BCUT2D eigenvalue weighted by Crippen LogP contribution is 2.60. The summed E-state index contributed by atoms with van der Waals surface area (Å²) in [5.74, 6) is 2.71. The molecule has 0 amide bonds. The van der Waals surface area contributed by atoms with Gasteiger partial charge in [0.1, 0.15) is 11.6 Å². The van der Waals surface area contributed by atoms with E-state index >= 15 is 0 Å². The molecule has 1 atom stereocenters. The van der Waals surface area contributed by atoms with Crippen molar-refractivity contribution in [2.45, 2.75) is 75.4 Å². The lowest BCUT2D eigenvalue weighted by atomic mass is 9.49. The Morgan fingerprint density at radius 1 is 1.00 bits per heavy atom. The minimum absolute atomic E-state index is 0.338. The van der Waals surface area contributed by atoms with Gasteiger partial charge in [-0.25, -0.2) is 4.79 Å². The van der Waals surface area contributed by atoms with Crippen LogP contribution in [0.15, 0.2) is 30.3 Å². The van der Waals surface area contributed by atoms with E-state index < -0.39 is 12.1 Å². The second-order valence-corrected chi connectivity index (χ2v) is 10.1. The molecule has 8 heteroatoms. The van der Waals surface area contributed by atoms with Crippen LogP contribution < -0.4 is 0 Å². The molecule has 4 bridgehead atoms. The summed E-state index contributed by atoms with van der Waals surface area (Å²) in [6.45, 7) is 0. The summed E-state index contributed by atoms with van der Waals surface area (Å²) in [6, 6.07) is 11.5. The Morgan fingerprint density at radius 3 is 2.09 bits per heavy atom. The Bertz CT molecular complexity index is 951. The van der Waals surface area contributed by atoms with Crippen LogP contribution in [0.2, 0.25) is 0 Å². The van der Waals surface area contributed by atoms with Crippen molar-refractivity contribution in [3.63, 3.8) is 0 Å². The Labute approximate surface area is 185 Å². The van der Waals surface area contributed by atoms with E-state index in [1.54, 1.807) is 0 Å². The van der Waals surface area contributed by atoms with Crippen molar-refractivity contribution in [3.05, 3.63) is 47.5 Å². The lowest BCUT2D eigenvalue weighted by Gasteiger charge is -2.56. The van der Waals surface area contributed by atoms with Gasteiger partial charge in [-0.2, -0.15) is 13.2 Å². The standard InChI is InChI=1S/C22H27N3.C2HF3O2/c1-2-5-18(6-3-1)19-7-4-8-20-23-24-21(25(19)20)22-12-15-9-16(13-22)11-17(10-15)14-22;3-2(4,5)1(6)7/h1-3,5-6,15-17,19H,4,7-14H2;(H,6,7). The van der Waals surface area contributed by atoms with Gasteiger partial charge in [0, 0.05) is 11.8 Å². The summed E-state index contributed by atoms with van der Waals surface area (Å²) in [6.07, 6.45) is 7.07. The van der Waals surface area contributed by atoms with Crippen molar-refractivity contribution in [1.29, 1.82) is 0 Å². The molecular formula is C24H28F3N3O2. The Hall–Kier alpha value is -2.38. The maximum Gasteiger partial charge on any atom is 0.490 e. The normalized spacial score (nSPS) is 32.7. The van der Waals surface area contributed by atoms with Crippen LogP contribution in [-0.2, 0) is 16.6 Å². The fourth-order valence-electron chi connectivity index (χ4n) is 7.14.